The fraction of sp³-hybridized carbons (Fsp3) is 0.409. The lowest BCUT2D eigenvalue weighted by Gasteiger charge is -2.21. The van der Waals surface area contributed by atoms with Crippen LogP contribution in [0.1, 0.15) is 11.1 Å². The summed E-state index contributed by atoms with van der Waals surface area (Å²) in [4.78, 5) is 14.9. The number of piperidine rings is 1. The van der Waals surface area contributed by atoms with Crippen molar-refractivity contribution < 1.29 is 14.6 Å². The minimum atomic E-state index is 0.146. The van der Waals surface area contributed by atoms with Crippen molar-refractivity contribution in [2.24, 2.45) is 17.8 Å². The second kappa shape index (κ2) is 6.27. The van der Waals surface area contributed by atoms with Gasteiger partial charge in [0, 0.05) is 18.0 Å². The van der Waals surface area contributed by atoms with Gasteiger partial charge in [0.1, 0.15) is 6.61 Å². The monoisotopic (exact) mass is 364 g/mol. The lowest BCUT2D eigenvalue weighted by molar-refractivity contribution is -0.134. The molecular weight excluding hydrogens is 340 g/mol. The van der Waals surface area contributed by atoms with Crippen molar-refractivity contribution in [2.45, 2.75) is 13.5 Å². The van der Waals surface area contributed by atoms with Crippen LogP contribution in [-0.4, -0.2) is 42.2 Å². The van der Waals surface area contributed by atoms with Gasteiger partial charge in [0.05, 0.1) is 6.54 Å². The van der Waals surface area contributed by atoms with Gasteiger partial charge < -0.3 is 20.1 Å². The number of carbonyl (C=O) groups excluding carboxylic acids is 1. The first-order valence-electron chi connectivity index (χ1n) is 9.67. The van der Waals surface area contributed by atoms with Gasteiger partial charge >= 0.3 is 0 Å². The molecule has 5 heteroatoms. The summed E-state index contributed by atoms with van der Waals surface area (Å²) in [5.41, 5.74) is 4.07. The van der Waals surface area contributed by atoms with Gasteiger partial charge in [-0.15, -0.1) is 0 Å². The van der Waals surface area contributed by atoms with E-state index < -0.39 is 0 Å². The van der Waals surface area contributed by atoms with E-state index in [2.05, 4.69) is 30.4 Å². The highest BCUT2D eigenvalue weighted by Gasteiger charge is 2.57. The Morgan fingerprint density at radius 2 is 2.00 bits per heavy atom. The second-order valence-corrected chi connectivity index (χ2v) is 7.92. The Balaban J connectivity index is 1.46. The number of benzene rings is 2. The number of phenols is 1. The number of nitrogens with zero attached hydrogens (tertiary/aromatic N) is 1. The summed E-state index contributed by atoms with van der Waals surface area (Å²) in [5.74, 6) is 2.08. The smallest absolute Gasteiger partial charge is 0.226 e. The minimum absolute atomic E-state index is 0.146. The lowest BCUT2D eigenvalue weighted by atomic mass is 9.97. The largest absolute Gasteiger partial charge is 0.504 e. The van der Waals surface area contributed by atoms with Gasteiger partial charge in [-0.1, -0.05) is 24.3 Å². The lowest BCUT2D eigenvalue weighted by Crippen LogP contribution is -2.36. The molecule has 2 fully saturated rings. The third-order valence-corrected chi connectivity index (χ3v) is 6.26. The first-order valence-corrected chi connectivity index (χ1v) is 9.67. The molecule has 0 aromatic heterocycles. The molecule has 3 aliphatic rings. The maximum Gasteiger partial charge on any atom is 0.226 e. The van der Waals surface area contributed by atoms with Gasteiger partial charge in [0.25, 0.3) is 0 Å². The first kappa shape index (κ1) is 16.6. The summed E-state index contributed by atoms with van der Waals surface area (Å²) in [6, 6.07) is 11.9. The Hall–Kier alpha value is -2.53. The van der Waals surface area contributed by atoms with Crippen LogP contribution in [0.25, 0.3) is 11.1 Å². The molecule has 0 spiro atoms. The standard InChI is InChI=1S/C22H24N2O3/c1-13-4-2-3-5-16(13)14-8-15-12-24(6-7-27-21(15)19(25)9-14)22(26)20-17-10-23-11-18(17)20/h2-5,8-9,17-18,20,23,25H,6-7,10-12H2,1H3/t17-,18+,20?. The van der Waals surface area contributed by atoms with Gasteiger partial charge in [-0.3, -0.25) is 4.79 Å². The predicted octanol–water partition coefficient (Wildman–Crippen LogP) is 2.55. The third-order valence-electron chi connectivity index (χ3n) is 6.26. The molecule has 2 aliphatic heterocycles. The topological polar surface area (TPSA) is 61.8 Å². The Morgan fingerprint density at radius 1 is 1.22 bits per heavy atom. The average molecular weight is 364 g/mol. The highest BCUT2D eigenvalue weighted by molar-refractivity contribution is 5.83. The molecule has 1 saturated carbocycles. The van der Waals surface area contributed by atoms with Gasteiger partial charge in [-0.25, -0.2) is 0 Å². The zero-order valence-electron chi connectivity index (χ0n) is 15.4. The number of nitrogens with one attached hydrogen (secondary N) is 1. The van der Waals surface area contributed by atoms with Crippen LogP contribution in [0.15, 0.2) is 36.4 Å². The van der Waals surface area contributed by atoms with Gasteiger partial charge in [-0.05, 0) is 60.7 Å². The van der Waals surface area contributed by atoms with E-state index in [9.17, 15) is 9.90 Å². The van der Waals surface area contributed by atoms with Crippen LogP contribution >= 0.6 is 0 Å². The van der Waals surface area contributed by atoms with E-state index in [1.807, 2.05) is 17.0 Å². The fourth-order valence-corrected chi connectivity index (χ4v) is 4.73. The molecule has 27 heavy (non-hydrogen) atoms. The quantitative estimate of drug-likeness (QED) is 0.860. The average Bonchev–Trinajstić information content (AvgIpc) is 3.23. The SMILES string of the molecule is Cc1ccccc1-c1cc(O)c2c(c1)CN(C(=O)C1[C@H]3CNC[C@@H]13)CCO2. The number of phenolic OH excluding ortho intramolecular Hbond substituents is 1. The highest BCUT2D eigenvalue weighted by atomic mass is 16.5. The van der Waals surface area contributed by atoms with Gasteiger partial charge in [0.15, 0.2) is 11.5 Å². The van der Waals surface area contributed by atoms with Crippen LogP contribution in [0, 0.1) is 24.7 Å². The Labute approximate surface area is 158 Å². The van der Waals surface area contributed by atoms with Gasteiger partial charge in [-0.2, -0.15) is 0 Å². The summed E-state index contributed by atoms with van der Waals surface area (Å²) in [5, 5.41) is 13.9. The number of amides is 1. The van der Waals surface area contributed by atoms with Crippen LogP contribution in [0.4, 0.5) is 0 Å². The molecule has 5 nitrogen and oxygen atoms in total. The van der Waals surface area contributed by atoms with E-state index in [4.69, 9.17) is 4.74 Å². The van der Waals surface area contributed by atoms with E-state index in [1.54, 1.807) is 6.07 Å². The molecular formula is C22H24N2O3. The number of aryl methyl sites for hydroxylation is 1. The Kier molecular flexibility index (Phi) is 3.86. The number of rotatable bonds is 2. The molecule has 1 unspecified atom stereocenters. The van der Waals surface area contributed by atoms with Crippen molar-refractivity contribution >= 4 is 5.91 Å². The van der Waals surface area contributed by atoms with E-state index in [0.29, 0.717) is 37.3 Å². The molecule has 2 heterocycles. The zero-order valence-corrected chi connectivity index (χ0v) is 15.4. The molecule has 1 saturated heterocycles. The zero-order chi connectivity index (χ0) is 18.5. The normalized spacial score (nSPS) is 26.0. The summed E-state index contributed by atoms with van der Waals surface area (Å²) < 4.78 is 5.82. The molecule has 2 aromatic rings. The molecule has 0 bridgehead atoms. The summed E-state index contributed by atoms with van der Waals surface area (Å²) >= 11 is 0. The molecule has 2 aromatic carbocycles. The molecule has 140 valence electrons. The third kappa shape index (κ3) is 2.77. The Bertz CT molecular complexity index is 900. The molecule has 3 atom stereocenters. The number of hydrogen-bond acceptors (Lipinski definition) is 4. The summed E-state index contributed by atoms with van der Waals surface area (Å²) in [6.45, 7) is 5.45. The maximum absolute atomic E-state index is 13.0. The predicted molar refractivity (Wildman–Crippen MR) is 103 cm³/mol. The highest BCUT2D eigenvalue weighted by Crippen LogP contribution is 2.50. The molecule has 1 amide bonds. The van der Waals surface area contributed by atoms with Crippen LogP contribution < -0.4 is 10.1 Å². The van der Waals surface area contributed by atoms with Crippen LogP contribution in [0.5, 0.6) is 11.5 Å². The van der Waals surface area contributed by atoms with E-state index in [0.717, 1.165) is 35.3 Å². The van der Waals surface area contributed by atoms with E-state index in [1.165, 1.54) is 0 Å². The molecule has 0 radical (unpaired) electrons. The number of aromatic hydroxyl groups is 1. The van der Waals surface area contributed by atoms with E-state index >= 15 is 0 Å². The number of hydrogen-bond donors (Lipinski definition) is 2. The number of fused-ring (bicyclic) bond motifs is 2. The number of carbonyl (C=O) groups is 1. The second-order valence-electron chi connectivity index (χ2n) is 7.92. The summed E-state index contributed by atoms with van der Waals surface area (Å²) in [7, 11) is 0. The van der Waals surface area contributed by atoms with Crippen LogP contribution in [0.3, 0.4) is 0 Å². The van der Waals surface area contributed by atoms with Crippen molar-refractivity contribution in [1.29, 1.82) is 0 Å². The molecule has 2 N–H and O–H groups in total. The van der Waals surface area contributed by atoms with Crippen LogP contribution in [-0.2, 0) is 11.3 Å². The van der Waals surface area contributed by atoms with Gasteiger partial charge in [0.2, 0.25) is 5.91 Å². The van der Waals surface area contributed by atoms with Crippen molar-refractivity contribution in [2.75, 3.05) is 26.2 Å². The summed E-state index contributed by atoms with van der Waals surface area (Å²) in [6.07, 6.45) is 0. The fourth-order valence-electron chi connectivity index (χ4n) is 4.73. The first-order chi connectivity index (χ1) is 13.1. The van der Waals surface area contributed by atoms with Crippen molar-refractivity contribution in [3.8, 4) is 22.6 Å². The molecule has 5 rings (SSSR count). The Morgan fingerprint density at radius 3 is 2.78 bits per heavy atom. The maximum atomic E-state index is 13.0. The number of ether oxygens (including phenoxy) is 1. The van der Waals surface area contributed by atoms with E-state index in [-0.39, 0.29) is 17.6 Å². The van der Waals surface area contributed by atoms with Crippen molar-refractivity contribution in [3.05, 3.63) is 47.5 Å². The van der Waals surface area contributed by atoms with Crippen LogP contribution in [0.2, 0.25) is 0 Å². The van der Waals surface area contributed by atoms with Crippen molar-refractivity contribution in [1.82, 2.24) is 10.2 Å². The minimum Gasteiger partial charge on any atom is -0.504 e. The van der Waals surface area contributed by atoms with Crippen molar-refractivity contribution in [3.63, 3.8) is 0 Å². The molecule has 1 aliphatic carbocycles.